The van der Waals surface area contributed by atoms with Crippen molar-refractivity contribution in [2.24, 2.45) is 5.92 Å². The van der Waals surface area contributed by atoms with Crippen molar-refractivity contribution in [3.63, 3.8) is 0 Å². The van der Waals surface area contributed by atoms with E-state index < -0.39 is 0 Å². The summed E-state index contributed by atoms with van der Waals surface area (Å²) in [4.78, 5) is 29.3. The van der Waals surface area contributed by atoms with Crippen molar-refractivity contribution in [1.29, 1.82) is 0 Å². The number of likely N-dealkylation sites (tertiary alicyclic amines) is 2. The monoisotopic (exact) mass is 399 g/mol. The second kappa shape index (κ2) is 9.31. The molecule has 7 nitrogen and oxygen atoms in total. The van der Waals surface area contributed by atoms with Gasteiger partial charge in [0.1, 0.15) is 5.76 Å². The van der Waals surface area contributed by atoms with Crippen LogP contribution in [0.25, 0.3) is 0 Å². The van der Waals surface area contributed by atoms with Gasteiger partial charge in [-0.3, -0.25) is 14.5 Å². The molecular formula is C22H29N3O4. The Bertz CT molecular complexity index is 773. The Hall–Kier alpha value is -2.54. The van der Waals surface area contributed by atoms with E-state index in [1.807, 2.05) is 12.1 Å². The summed E-state index contributed by atoms with van der Waals surface area (Å²) in [7, 11) is 0. The van der Waals surface area contributed by atoms with Gasteiger partial charge in [0.15, 0.2) is 5.76 Å². The van der Waals surface area contributed by atoms with Crippen LogP contribution in [0.5, 0.6) is 0 Å². The highest BCUT2D eigenvalue weighted by molar-refractivity contribution is 5.91. The van der Waals surface area contributed by atoms with Crippen LogP contribution < -0.4 is 5.32 Å². The van der Waals surface area contributed by atoms with E-state index in [-0.39, 0.29) is 23.8 Å². The number of hydrogen-bond acceptors (Lipinski definition) is 5. The third-order valence-corrected chi connectivity index (χ3v) is 6.06. The van der Waals surface area contributed by atoms with Crippen LogP contribution in [-0.4, -0.2) is 54.3 Å². The van der Waals surface area contributed by atoms with Gasteiger partial charge in [0.25, 0.3) is 5.91 Å². The van der Waals surface area contributed by atoms with Gasteiger partial charge in [-0.25, -0.2) is 0 Å². The lowest BCUT2D eigenvalue weighted by atomic mass is 9.95. The number of rotatable bonds is 6. The number of hydrogen-bond donors (Lipinski definition) is 1. The topological polar surface area (TPSA) is 78.9 Å². The number of nitrogens with zero attached hydrogens (tertiary/aromatic N) is 2. The van der Waals surface area contributed by atoms with E-state index in [2.05, 4.69) is 10.2 Å². The van der Waals surface area contributed by atoms with Gasteiger partial charge in [-0.15, -0.1) is 0 Å². The van der Waals surface area contributed by atoms with Crippen LogP contribution in [0.2, 0.25) is 0 Å². The molecule has 0 bridgehead atoms. The summed E-state index contributed by atoms with van der Waals surface area (Å²) in [5.41, 5.74) is 0. The predicted molar refractivity (Wildman–Crippen MR) is 107 cm³/mol. The first-order valence-corrected chi connectivity index (χ1v) is 10.6. The van der Waals surface area contributed by atoms with Crippen molar-refractivity contribution in [3.05, 3.63) is 48.3 Å². The van der Waals surface area contributed by atoms with Crippen molar-refractivity contribution in [2.75, 3.05) is 32.7 Å². The van der Waals surface area contributed by atoms with E-state index in [1.165, 1.54) is 25.5 Å². The van der Waals surface area contributed by atoms with Gasteiger partial charge >= 0.3 is 0 Å². The lowest BCUT2D eigenvalue weighted by Gasteiger charge is -2.34. The quantitative estimate of drug-likeness (QED) is 0.808. The molecule has 0 saturated carbocycles. The summed E-state index contributed by atoms with van der Waals surface area (Å²) in [5.74, 6) is 1.18. The fourth-order valence-electron chi connectivity index (χ4n) is 4.36. The van der Waals surface area contributed by atoms with E-state index in [0.717, 1.165) is 18.8 Å². The molecule has 7 heteroatoms. The zero-order valence-corrected chi connectivity index (χ0v) is 16.7. The lowest BCUT2D eigenvalue weighted by molar-refractivity contribution is -0.126. The Morgan fingerprint density at radius 1 is 1.00 bits per heavy atom. The molecule has 1 unspecified atom stereocenters. The zero-order valence-electron chi connectivity index (χ0n) is 16.7. The molecule has 2 amide bonds. The van der Waals surface area contributed by atoms with Crippen LogP contribution in [0.1, 0.15) is 54.5 Å². The molecule has 4 heterocycles. The predicted octanol–water partition coefficient (Wildman–Crippen LogP) is 3.07. The first-order valence-electron chi connectivity index (χ1n) is 10.6. The molecule has 2 aromatic rings. The van der Waals surface area contributed by atoms with E-state index in [4.69, 9.17) is 8.83 Å². The Labute approximate surface area is 171 Å². The van der Waals surface area contributed by atoms with E-state index in [9.17, 15) is 9.59 Å². The van der Waals surface area contributed by atoms with Crippen molar-refractivity contribution in [2.45, 2.75) is 38.1 Å². The number of amides is 2. The Morgan fingerprint density at radius 3 is 2.38 bits per heavy atom. The van der Waals surface area contributed by atoms with Gasteiger partial charge in [-0.1, -0.05) is 6.42 Å². The van der Waals surface area contributed by atoms with Gasteiger partial charge in [0.2, 0.25) is 5.91 Å². The lowest BCUT2D eigenvalue weighted by Crippen LogP contribution is -2.45. The normalized spacial score (nSPS) is 19.8. The minimum absolute atomic E-state index is 0.0609. The standard InChI is InChI=1S/C22H29N3O4/c26-21(17-8-12-25(13-9-17)22(27)20-7-5-15-29-20)23-16-18(19-6-4-14-28-19)24-10-2-1-3-11-24/h4-7,14-15,17-18H,1-3,8-13,16H2,(H,23,26). The number of carbonyl (C=O) groups is 2. The van der Waals surface area contributed by atoms with Gasteiger partial charge in [0, 0.05) is 25.6 Å². The van der Waals surface area contributed by atoms with Gasteiger partial charge < -0.3 is 19.1 Å². The fourth-order valence-corrected chi connectivity index (χ4v) is 4.36. The summed E-state index contributed by atoms with van der Waals surface area (Å²) in [6.07, 6.45) is 8.19. The minimum Gasteiger partial charge on any atom is -0.468 e. The van der Waals surface area contributed by atoms with Crippen LogP contribution in [0.15, 0.2) is 45.6 Å². The molecule has 0 radical (unpaired) electrons. The van der Waals surface area contributed by atoms with Crippen LogP contribution >= 0.6 is 0 Å². The van der Waals surface area contributed by atoms with Gasteiger partial charge in [-0.05, 0) is 63.0 Å². The second-order valence-electron chi connectivity index (χ2n) is 7.92. The molecule has 1 atom stereocenters. The summed E-state index contributed by atoms with van der Waals surface area (Å²) >= 11 is 0. The number of piperidine rings is 2. The number of carbonyl (C=O) groups excluding carboxylic acids is 2. The first kappa shape index (κ1) is 19.8. The van der Waals surface area contributed by atoms with E-state index in [1.54, 1.807) is 23.3 Å². The molecule has 4 rings (SSSR count). The summed E-state index contributed by atoms with van der Waals surface area (Å²) in [5, 5.41) is 3.15. The van der Waals surface area contributed by atoms with Crippen molar-refractivity contribution >= 4 is 11.8 Å². The molecule has 2 saturated heterocycles. The number of furan rings is 2. The maximum absolute atomic E-state index is 12.8. The molecule has 0 aromatic carbocycles. The summed E-state index contributed by atoms with van der Waals surface area (Å²) in [6, 6.07) is 7.36. The van der Waals surface area contributed by atoms with Gasteiger partial charge in [0.05, 0.1) is 18.6 Å². The molecule has 156 valence electrons. The molecule has 2 fully saturated rings. The molecule has 2 aromatic heterocycles. The zero-order chi connectivity index (χ0) is 20.1. The molecule has 0 spiro atoms. The average Bonchev–Trinajstić information content (AvgIpc) is 3.49. The smallest absolute Gasteiger partial charge is 0.289 e. The second-order valence-corrected chi connectivity index (χ2v) is 7.92. The molecule has 0 aliphatic carbocycles. The SMILES string of the molecule is O=C(NCC(c1ccco1)N1CCCCC1)C1CCN(C(=O)c2ccco2)CC1. The molecule has 2 aliphatic rings. The van der Waals surface area contributed by atoms with Crippen molar-refractivity contribution in [1.82, 2.24) is 15.1 Å². The number of nitrogens with one attached hydrogen (secondary N) is 1. The third kappa shape index (κ3) is 4.72. The molecule has 2 aliphatic heterocycles. The highest BCUT2D eigenvalue weighted by Gasteiger charge is 2.30. The maximum Gasteiger partial charge on any atom is 0.289 e. The van der Waals surface area contributed by atoms with Crippen molar-refractivity contribution < 1.29 is 18.4 Å². The highest BCUT2D eigenvalue weighted by atomic mass is 16.3. The van der Waals surface area contributed by atoms with Crippen LogP contribution in [0.3, 0.4) is 0 Å². The average molecular weight is 399 g/mol. The largest absolute Gasteiger partial charge is 0.468 e. The first-order chi connectivity index (χ1) is 14.2. The minimum atomic E-state index is -0.100. The van der Waals surface area contributed by atoms with Crippen LogP contribution in [0.4, 0.5) is 0 Å². The third-order valence-electron chi connectivity index (χ3n) is 6.06. The maximum atomic E-state index is 12.8. The van der Waals surface area contributed by atoms with Crippen molar-refractivity contribution in [3.8, 4) is 0 Å². The van der Waals surface area contributed by atoms with Gasteiger partial charge in [-0.2, -0.15) is 0 Å². The molecule has 1 N–H and O–H groups in total. The highest BCUT2D eigenvalue weighted by Crippen LogP contribution is 2.25. The fraction of sp³-hybridized carbons (Fsp3) is 0.545. The summed E-state index contributed by atoms with van der Waals surface area (Å²) < 4.78 is 10.9. The van der Waals surface area contributed by atoms with E-state index in [0.29, 0.717) is 38.2 Å². The Morgan fingerprint density at radius 2 is 1.72 bits per heavy atom. The van der Waals surface area contributed by atoms with Crippen LogP contribution in [-0.2, 0) is 4.79 Å². The Balaban J connectivity index is 1.29. The molecule has 29 heavy (non-hydrogen) atoms. The van der Waals surface area contributed by atoms with Crippen LogP contribution in [0, 0.1) is 5.92 Å². The van der Waals surface area contributed by atoms with E-state index >= 15 is 0 Å². The summed E-state index contributed by atoms with van der Waals surface area (Å²) in [6.45, 7) is 3.78. The molecular weight excluding hydrogens is 370 g/mol. The Kier molecular flexibility index (Phi) is 6.34.